The van der Waals surface area contributed by atoms with Crippen LogP contribution in [0.4, 0.5) is 0 Å². The van der Waals surface area contributed by atoms with Crippen molar-refractivity contribution in [2.45, 2.75) is 78.6 Å². The van der Waals surface area contributed by atoms with Gasteiger partial charge in [-0.05, 0) is 93.0 Å². The third-order valence-electron chi connectivity index (χ3n) is 9.02. The lowest BCUT2D eigenvalue weighted by atomic mass is 9.78. The number of rotatable bonds is 13. The zero-order valence-electron chi connectivity index (χ0n) is 28.7. The first kappa shape index (κ1) is 35.1. The maximum absolute atomic E-state index is 14.6. The van der Waals surface area contributed by atoms with Crippen molar-refractivity contribution in [3.8, 4) is 5.75 Å². The van der Waals surface area contributed by atoms with E-state index < -0.39 is 13.2 Å². The maximum atomic E-state index is 14.6. The lowest BCUT2D eigenvalue weighted by Crippen LogP contribution is -2.39. The number of hydrogen-bond donors (Lipinski definition) is 3. The number of carbonyl (C=O) groups is 1. The van der Waals surface area contributed by atoms with Crippen molar-refractivity contribution in [3.63, 3.8) is 0 Å². The number of carbonyl (C=O) groups excluding carboxylic acids is 1. The van der Waals surface area contributed by atoms with Crippen molar-refractivity contribution in [1.82, 2.24) is 9.55 Å². The Labute approximate surface area is 282 Å². The number of nitrogens with one attached hydrogen (secondary N) is 1. The second-order valence-corrected chi connectivity index (χ2v) is 14.6. The lowest BCUT2D eigenvalue weighted by Gasteiger charge is -2.29. The average molecular weight is 672 g/mol. The van der Waals surface area contributed by atoms with E-state index in [1.807, 2.05) is 65.0 Å². The van der Waals surface area contributed by atoms with Crippen LogP contribution in [0.1, 0.15) is 90.9 Å². The quantitative estimate of drug-likeness (QED) is 0.103. The van der Waals surface area contributed by atoms with Crippen LogP contribution in [0.15, 0.2) is 65.5 Å². The van der Waals surface area contributed by atoms with Gasteiger partial charge in [-0.1, -0.05) is 50.6 Å². The number of ether oxygens (including phenoxy) is 1. The third-order valence-corrected chi connectivity index (χ3v) is 9.46. The molecule has 9 nitrogen and oxygen atoms in total. The van der Waals surface area contributed by atoms with Gasteiger partial charge in [-0.25, -0.2) is 9.56 Å². The molecule has 3 N–H and O–H groups in total. The number of nitrogens with zero attached hydrogens (tertiary/aromatic N) is 2. The third kappa shape index (κ3) is 7.75. The number of aromatic amines is 1. The second kappa shape index (κ2) is 14.1. The van der Waals surface area contributed by atoms with E-state index in [0.29, 0.717) is 28.4 Å². The van der Waals surface area contributed by atoms with E-state index in [4.69, 9.17) is 14.3 Å². The Bertz CT molecular complexity index is 2000. The van der Waals surface area contributed by atoms with Gasteiger partial charge in [-0.2, -0.15) is 0 Å². The number of benzene rings is 1. The Morgan fingerprint density at radius 1 is 1.19 bits per heavy atom. The number of fused-ring (bicyclic) bond motifs is 1. The van der Waals surface area contributed by atoms with E-state index in [-0.39, 0.29) is 24.0 Å². The van der Waals surface area contributed by atoms with Gasteiger partial charge >= 0.3 is 7.82 Å². The fourth-order valence-corrected chi connectivity index (χ4v) is 7.32. The normalized spacial score (nSPS) is 16.9. The summed E-state index contributed by atoms with van der Waals surface area (Å²) in [7, 11) is -3.22. The van der Waals surface area contributed by atoms with Gasteiger partial charge in [0.2, 0.25) is 5.91 Å². The minimum atomic E-state index is -4.83. The molecule has 0 saturated carbocycles. The second-order valence-electron chi connectivity index (χ2n) is 13.4. The zero-order chi connectivity index (χ0) is 34.8. The van der Waals surface area contributed by atoms with Crippen molar-refractivity contribution in [1.29, 1.82) is 0 Å². The number of allylic oxidation sites excluding steroid dienone is 2. The molecular formula is C38H46N3O6P. The van der Waals surface area contributed by atoms with Gasteiger partial charge in [-0.3, -0.25) is 19.1 Å². The molecule has 5 rings (SSSR count). The molecule has 0 fully saturated rings. The highest BCUT2D eigenvalue weighted by atomic mass is 31.2. The molecule has 0 bridgehead atoms. The standard InChI is InChI=1S/C38H46N3O6P/c1-8-9-10-11-14-27-16-17-28-20-33(30-22-35(46-7)31(40-30)21-29-25(3)18-26(4)39-29)41(32(28)19-27)36(42)23-38(5,6)37-24(2)13-12-15-34(37)47-48(43,44)45/h8,12-13,15,17-22,27,39H,1,9-11,14,16,23H2,2-7H3,(H2,43,44,45)/b31-21+. The van der Waals surface area contributed by atoms with Crippen LogP contribution >= 0.6 is 7.82 Å². The molecule has 2 aromatic heterocycles. The van der Waals surface area contributed by atoms with Crippen LogP contribution in [0, 0.1) is 26.7 Å². The van der Waals surface area contributed by atoms with E-state index in [0.717, 1.165) is 65.2 Å². The fraction of sp³-hybridized carbons (Fsp3) is 0.368. The first-order valence-electron chi connectivity index (χ1n) is 16.4. The molecule has 254 valence electrons. The van der Waals surface area contributed by atoms with Gasteiger partial charge in [0.1, 0.15) is 17.2 Å². The molecule has 10 heteroatoms. The summed E-state index contributed by atoms with van der Waals surface area (Å²) >= 11 is 0. The minimum absolute atomic E-state index is 0.0408. The van der Waals surface area contributed by atoms with Gasteiger partial charge in [-0.15, -0.1) is 6.58 Å². The highest BCUT2D eigenvalue weighted by molar-refractivity contribution is 7.46. The molecule has 1 unspecified atom stereocenters. The SMILES string of the molecule is C=CCCCCC1C=c2c(cc(C3=N/C(=C/c4[nH]c(C)cc4C)C(OC)=C3)n2C(=O)CC(C)(C)c2c(C)cccc2OP(=O)(O)O)=CC1. The van der Waals surface area contributed by atoms with E-state index in [9.17, 15) is 19.1 Å². The first-order chi connectivity index (χ1) is 22.7. The topological polar surface area (TPSA) is 126 Å². The summed E-state index contributed by atoms with van der Waals surface area (Å²) in [5.74, 6) is 0.784. The van der Waals surface area contributed by atoms with E-state index >= 15 is 0 Å². The highest BCUT2D eigenvalue weighted by Gasteiger charge is 2.34. The molecule has 3 aromatic rings. The number of unbranched alkanes of at least 4 members (excludes halogenated alkanes) is 2. The van der Waals surface area contributed by atoms with Gasteiger partial charge in [0.15, 0.2) is 0 Å². The molecule has 3 heterocycles. The monoisotopic (exact) mass is 671 g/mol. The largest absolute Gasteiger partial charge is 0.524 e. The molecule has 0 radical (unpaired) electrons. The van der Waals surface area contributed by atoms with Crippen molar-refractivity contribution >= 4 is 37.7 Å². The summed E-state index contributed by atoms with van der Waals surface area (Å²) in [6, 6.07) is 9.16. The van der Waals surface area contributed by atoms with Crippen LogP contribution in [0.3, 0.4) is 0 Å². The van der Waals surface area contributed by atoms with Crippen molar-refractivity contribution in [2.24, 2.45) is 10.9 Å². The summed E-state index contributed by atoms with van der Waals surface area (Å²) in [5.41, 5.74) is 5.51. The highest BCUT2D eigenvalue weighted by Crippen LogP contribution is 2.44. The Morgan fingerprint density at radius 2 is 1.96 bits per heavy atom. The molecule has 0 amide bonds. The Hall–Kier alpha value is -4.17. The molecule has 48 heavy (non-hydrogen) atoms. The number of aliphatic imine (C=N–C) groups is 1. The van der Waals surface area contributed by atoms with Crippen LogP contribution < -0.4 is 15.1 Å². The number of hydrogen-bond acceptors (Lipinski definition) is 5. The maximum Gasteiger partial charge on any atom is 0.524 e. The van der Waals surface area contributed by atoms with Gasteiger partial charge in [0.05, 0.1) is 23.9 Å². The minimum Gasteiger partial charge on any atom is -0.494 e. The van der Waals surface area contributed by atoms with Crippen LogP contribution in [0.25, 0.3) is 18.2 Å². The van der Waals surface area contributed by atoms with E-state index in [1.54, 1.807) is 17.7 Å². The van der Waals surface area contributed by atoms with Crippen molar-refractivity contribution in [3.05, 3.63) is 105 Å². The van der Waals surface area contributed by atoms with E-state index in [1.165, 1.54) is 6.07 Å². The number of phosphoric ester groups is 1. The van der Waals surface area contributed by atoms with E-state index in [2.05, 4.69) is 29.8 Å². The summed E-state index contributed by atoms with van der Waals surface area (Å²) in [6.07, 6.45) is 15.3. The Balaban J connectivity index is 1.61. The summed E-state index contributed by atoms with van der Waals surface area (Å²) in [4.78, 5) is 42.2. The molecule has 2 aliphatic rings. The lowest BCUT2D eigenvalue weighted by molar-refractivity contribution is 0.0872. The Kier molecular flexibility index (Phi) is 10.3. The molecule has 1 aliphatic heterocycles. The van der Waals surface area contributed by atoms with Crippen LogP contribution in [0.5, 0.6) is 5.75 Å². The molecule has 0 saturated heterocycles. The molecule has 1 aliphatic carbocycles. The predicted molar refractivity (Wildman–Crippen MR) is 191 cm³/mol. The van der Waals surface area contributed by atoms with Gasteiger partial charge in [0, 0.05) is 34.9 Å². The van der Waals surface area contributed by atoms with Crippen molar-refractivity contribution < 1.29 is 28.4 Å². The number of methoxy groups -OCH3 is 1. The zero-order valence-corrected chi connectivity index (χ0v) is 29.6. The first-order valence-corrected chi connectivity index (χ1v) is 17.9. The average Bonchev–Trinajstić information content (AvgIpc) is 3.67. The molecule has 1 atom stereocenters. The molecular weight excluding hydrogens is 625 g/mol. The number of H-pyrrole nitrogens is 1. The summed E-state index contributed by atoms with van der Waals surface area (Å²) < 4.78 is 24.5. The predicted octanol–water partition coefficient (Wildman–Crippen LogP) is 6.92. The van der Waals surface area contributed by atoms with Crippen LogP contribution in [-0.4, -0.2) is 38.1 Å². The van der Waals surface area contributed by atoms with Gasteiger partial charge < -0.3 is 14.2 Å². The van der Waals surface area contributed by atoms with Crippen LogP contribution in [0.2, 0.25) is 0 Å². The number of aromatic nitrogens is 2. The Morgan fingerprint density at radius 3 is 2.62 bits per heavy atom. The smallest absolute Gasteiger partial charge is 0.494 e. The van der Waals surface area contributed by atoms with Crippen LogP contribution in [-0.2, 0) is 14.7 Å². The van der Waals surface area contributed by atoms with Gasteiger partial charge in [0.25, 0.3) is 0 Å². The summed E-state index contributed by atoms with van der Waals surface area (Å²) in [6.45, 7) is 13.5. The molecule has 0 spiro atoms. The van der Waals surface area contributed by atoms with Crippen molar-refractivity contribution in [2.75, 3.05) is 7.11 Å². The number of aryl methyl sites for hydroxylation is 3. The molecule has 1 aromatic carbocycles. The fourth-order valence-electron chi connectivity index (χ4n) is 6.91. The number of phosphoric acid groups is 1. The summed E-state index contributed by atoms with van der Waals surface area (Å²) in [5, 5.41) is 1.81.